The standard InChI is InChI=1S/C24H32N2O3S/c1-3-23(28)11-6-4-5-9-22(26-24(29)14-19-12-13-30-17-19)16-25-21-10-7-8-20(15-21)18(2)27/h7-8,10,12-13,15,17,22,25H,3-6,9,11,14,16H2,1-2H3,(H,26,29). The van der Waals surface area contributed by atoms with Gasteiger partial charge in [-0.2, -0.15) is 11.3 Å². The van der Waals surface area contributed by atoms with Gasteiger partial charge in [0, 0.05) is 36.7 Å². The zero-order valence-corrected chi connectivity index (χ0v) is 18.7. The number of nitrogens with one attached hydrogen (secondary N) is 2. The molecule has 2 aromatic rings. The van der Waals surface area contributed by atoms with E-state index >= 15 is 0 Å². The molecule has 30 heavy (non-hydrogen) atoms. The third kappa shape index (κ3) is 8.91. The lowest BCUT2D eigenvalue weighted by molar-refractivity contribution is -0.121. The van der Waals surface area contributed by atoms with E-state index in [1.54, 1.807) is 24.3 Å². The van der Waals surface area contributed by atoms with Crippen molar-refractivity contribution in [3.05, 3.63) is 52.2 Å². The maximum absolute atomic E-state index is 12.5. The van der Waals surface area contributed by atoms with E-state index in [4.69, 9.17) is 0 Å². The first kappa shape index (κ1) is 23.8. The Morgan fingerprint density at radius 1 is 1.10 bits per heavy atom. The van der Waals surface area contributed by atoms with Crippen LogP contribution < -0.4 is 10.6 Å². The largest absolute Gasteiger partial charge is 0.383 e. The molecule has 2 N–H and O–H groups in total. The summed E-state index contributed by atoms with van der Waals surface area (Å²) >= 11 is 1.59. The van der Waals surface area contributed by atoms with Crippen LogP contribution in [0.25, 0.3) is 0 Å². The first-order chi connectivity index (χ1) is 14.5. The Balaban J connectivity index is 1.88. The number of rotatable bonds is 14. The average molecular weight is 429 g/mol. The lowest BCUT2D eigenvalue weighted by Crippen LogP contribution is -2.40. The highest BCUT2D eigenvalue weighted by atomic mass is 32.1. The monoisotopic (exact) mass is 428 g/mol. The number of unbranched alkanes of at least 4 members (excludes halogenated alkanes) is 2. The van der Waals surface area contributed by atoms with Crippen molar-refractivity contribution in [2.75, 3.05) is 11.9 Å². The van der Waals surface area contributed by atoms with Crippen LogP contribution in [0.5, 0.6) is 0 Å². The number of anilines is 1. The van der Waals surface area contributed by atoms with Crippen LogP contribution in [0.1, 0.15) is 68.3 Å². The fourth-order valence-electron chi connectivity index (χ4n) is 3.24. The Morgan fingerprint density at radius 3 is 2.63 bits per heavy atom. The lowest BCUT2D eigenvalue weighted by Gasteiger charge is -2.20. The molecule has 0 aliphatic heterocycles. The zero-order valence-electron chi connectivity index (χ0n) is 17.9. The fraction of sp³-hybridized carbons (Fsp3) is 0.458. The molecular formula is C24H32N2O3S. The molecule has 1 aromatic heterocycles. The van der Waals surface area contributed by atoms with Crippen LogP contribution in [0.15, 0.2) is 41.1 Å². The SMILES string of the molecule is CCC(=O)CCCCCC(CNc1cccc(C(C)=O)c1)NC(=O)Cc1ccsc1. The van der Waals surface area contributed by atoms with E-state index in [1.807, 2.05) is 41.9 Å². The molecular weight excluding hydrogens is 396 g/mol. The van der Waals surface area contributed by atoms with E-state index < -0.39 is 0 Å². The summed E-state index contributed by atoms with van der Waals surface area (Å²) < 4.78 is 0. The number of benzene rings is 1. The van der Waals surface area contributed by atoms with Gasteiger partial charge in [0.25, 0.3) is 0 Å². The van der Waals surface area contributed by atoms with Gasteiger partial charge in [0.15, 0.2) is 5.78 Å². The number of ketones is 2. The number of amides is 1. The maximum atomic E-state index is 12.5. The van der Waals surface area contributed by atoms with E-state index in [1.165, 1.54) is 0 Å². The third-order valence-corrected chi connectivity index (χ3v) is 5.77. The minimum atomic E-state index is -0.0148. The smallest absolute Gasteiger partial charge is 0.224 e. The summed E-state index contributed by atoms with van der Waals surface area (Å²) in [7, 11) is 0. The number of hydrogen-bond acceptors (Lipinski definition) is 5. The van der Waals surface area contributed by atoms with Gasteiger partial charge in [-0.15, -0.1) is 0 Å². The fourth-order valence-corrected chi connectivity index (χ4v) is 3.91. The highest BCUT2D eigenvalue weighted by molar-refractivity contribution is 7.08. The molecule has 0 saturated heterocycles. The van der Waals surface area contributed by atoms with Gasteiger partial charge in [0.1, 0.15) is 5.78 Å². The Morgan fingerprint density at radius 2 is 1.93 bits per heavy atom. The second kappa shape index (κ2) is 13.0. The van der Waals surface area contributed by atoms with Gasteiger partial charge in [0.05, 0.1) is 6.42 Å². The number of thiophene rings is 1. The van der Waals surface area contributed by atoms with Gasteiger partial charge in [-0.3, -0.25) is 14.4 Å². The predicted octanol–water partition coefficient (Wildman–Crippen LogP) is 5.02. The van der Waals surface area contributed by atoms with Gasteiger partial charge >= 0.3 is 0 Å². The molecule has 0 aliphatic rings. The van der Waals surface area contributed by atoms with E-state index in [0.29, 0.717) is 37.2 Å². The normalized spacial score (nSPS) is 11.7. The molecule has 1 atom stereocenters. The molecule has 1 amide bonds. The molecule has 1 unspecified atom stereocenters. The van der Waals surface area contributed by atoms with Crippen LogP contribution in [-0.4, -0.2) is 30.1 Å². The van der Waals surface area contributed by atoms with Gasteiger partial charge in [-0.1, -0.05) is 31.9 Å². The first-order valence-electron chi connectivity index (χ1n) is 10.6. The number of hydrogen-bond donors (Lipinski definition) is 2. The van der Waals surface area contributed by atoms with E-state index in [-0.39, 0.29) is 17.7 Å². The van der Waals surface area contributed by atoms with Gasteiger partial charge in [-0.25, -0.2) is 0 Å². The van der Waals surface area contributed by atoms with Crippen molar-refractivity contribution in [2.45, 2.75) is 64.8 Å². The molecule has 0 bridgehead atoms. The Hall–Kier alpha value is -2.47. The van der Waals surface area contributed by atoms with Crippen molar-refractivity contribution in [3.63, 3.8) is 0 Å². The van der Waals surface area contributed by atoms with E-state index in [0.717, 1.165) is 36.9 Å². The van der Waals surface area contributed by atoms with Gasteiger partial charge < -0.3 is 10.6 Å². The van der Waals surface area contributed by atoms with Crippen molar-refractivity contribution >= 4 is 34.5 Å². The topological polar surface area (TPSA) is 75.3 Å². The molecule has 2 rings (SSSR count). The molecule has 0 saturated carbocycles. The van der Waals surface area contributed by atoms with Crippen molar-refractivity contribution < 1.29 is 14.4 Å². The number of carbonyl (C=O) groups excluding carboxylic acids is 3. The van der Waals surface area contributed by atoms with Crippen LogP contribution in [-0.2, 0) is 16.0 Å². The minimum Gasteiger partial charge on any atom is -0.383 e. The molecule has 162 valence electrons. The quantitative estimate of drug-likeness (QED) is 0.327. The summed E-state index contributed by atoms with van der Waals surface area (Å²) in [6.07, 6.45) is 5.29. The number of carbonyl (C=O) groups is 3. The zero-order chi connectivity index (χ0) is 21.8. The highest BCUT2D eigenvalue weighted by Crippen LogP contribution is 2.13. The van der Waals surface area contributed by atoms with E-state index in [2.05, 4.69) is 10.6 Å². The Labute approximate surface area is 183 Å². The second-order valence-corrected chi connectivity index (χ2v) is 8.36. The number of Topliss-reactive ketones (excluding diaryl/α,β-unsaturated/α-hetero) is 2. The summed E-state index contributed by atoms with van der Waals surface area (Å²) in [5, 5.41) is 10.5. The average Bonchev–Trinajstić information content (AvgIpc) is 3.24. The maximum Gasteiger partial charge on any atom is 0.224 e. The summed E-state index contributed by atoms with van der Waals surface area (Å²) in [5.74, 6) is 0.349. The van der Waals surface area contributed by atoms with Crippen molar-refractivity contribution in [1.29, 1.82) is 0 Å². The summed E-state index contributed by atoms with van der Waals surface area (Å²) in [5.41, 5.74) is 2.56. The van der Waals surface area contributed by atoms with E-state index in [9.17, 15) is 14.4 Å². The highest BCUT2D eigenvalue weighted by Gasteiger charge is 2.13. The minimum absolute atomic E-state index is 0.0128. The van der Waals surface area contributed by atoms with Crippen LogP contribution >= 0.6 is 11.3 Å². The third-order valence-electron chi connectivity index (χ3n) is 5.03. The summed E-state index contributed by atoms with van der Waals surface area (Å²) in [6.45, 7) is 4.04. The molecule has 0 aliphatic carbocycles. The molecule has 0 spiro atoms. The Kier molecular flexibility index (Phi) is 10.3. The Bertz CT molecular complexity index is 818. The molecule has 1 aromatic carbocycles. The van der Waals surface area contributed by atoms with Crippen molar-refractivity contribution in [3.8, 4) is 0 Å². The molecule has 5 nitrogen and oxygen atoms in total. The van der Waals surface area contributed by atoms with Crippen molar-refractivity contribution in [1.82, 2.24) is 5.32 Å². The van der Waals surface area contributed by atoms with Crippen LogP contribution in [0.2, 0.25) is 0 Å². The second-order valence-electron chi connectivity index (χ2n) is 7.58. The van der Waals surface area contributed by atoms with Crippen molar-refractivity contribution in [2.24, 2.45) is 0 Å². The molecule has 0 fully saturated rings. The summed E-state index contributed by atoms with van der Waals surface area (Å²) in [4.78, 5) is 35.5. The lowest BCUT2D eigenvalue weighted by atomic mass is 10.0. The predicted molar refractivity (Wildman–Crippen MR) is 123 cm³/mol. The van der Waals surface area contributed by atoms with Crippen LogP contribution in [0.3, 0.4) is 0 Å². The van der Waals surface area contributed by atoms with Crippen LogP contribution in [0, 0.1) is 0 Å². The van der Waals surface area contributed by atoms with Gasteiger partial charge in [-0.05, 0) is 54.3 Å². The van der Waals surface area contributed by atoms with Gasteiger partial charge in [0.2, 0.25) is 5.91 Å². The molecule has 6 heteroatoms. The van der Waals surface area contributed by atoms with Crippen LogP contribution in [0.4, 0.5) is 5.69 Å². The molecule has 0 radical (unpaired) electrons. The molecule has 1 heterocycles. The summed E-state index contributed by atoms with van der Waals surface area (Å²) in [6, 6.07) is 9.36. The first-order valence-corrected chi connectivity index (χ1v) is 11.6.